The minimum absolute atomic E-state index is 0.0214. The molecule has 0 atom stereocenters. The van der Waals surface area contributed by atoms with Gasteiger partial charge < -0.3 is 9.64 Å². The molecule has 2 aromatic rings. The predicted molar refractivity (Wildman–Crippen MR) is 89.6 cm³/mol. The smallest absolute Gasteiger partial charge is 0.259 e. The molecule has 0 N–H and O–H groups in total. The molecule has 1 amide bonds. The molecule has 2 heterocycles. The Labute approximate surface area is 137 Å². The van der Waals surface area contributed by atoms with Crippen LogP contribution in [0.15, 0.2) is 48.7 Å². The molecule has 23 heavy (non-hydrogen) atoms. The van der Waals surface area contributed by atoms with Gasteiger partial charge in [-0.3, -0.25) is 4.79 Å². The highest BCUT2D eigenvalue weighted by atomic mass is 16.5. The van der Waals surface area contributed by atoms with E-state index in [4.69, 9.17) is 4.74 Å². The van der Waals surface area contributed by atoms with Crippen molar-refractivity contribution in [2.75, 3.05) is 20.2 Å². The van der Waals surface area contributed by atoms with Gasteiger partial charge in [0.05, 0.1) is 7.11 Å². The van der Waals surface area contributed by atoms with Gasteiger partial charge in [0.1, 0.15) is 5.56 Å². The van der Waals surface area contributed by atoms with Gasteiger partial charge in [0.25, 0.3) is 5.91 Å². The third-order valence-corrected chi connectivity index (χ3v) is 4.46. The van der Waals surface area contributed by atoms with Crippen LogP contribution in [0.5, 0.6) is 5.88 Å². The zero-order valence-corrected chi connectivity index (χ0v) is 13.4. The topological polar surface area (TPSA) is 42.4 Å². The third kappa shape index (κ3) is 3.70. The molecule has 0 radical (unpaired) electrons. The lowest BCUT2D eigenvalue weighted by Crippen LogP contribution is -2.39. The molecule has 0 saturated carbocycles. The molecule has 0 aliphatic carbocycles. The summed E-state index contributed by atoms with van der Waals surface area (Å²) in [5, 5.41) is 0. The minimum Gasteiger partial charge on any atom is -0.480 e. The third-order valence-electron chi connectivity index (χ3n) is 4.46. The Morgan fingerprint density at radius 3 is 2.61 bits per heavy atom. The summed E-state index contributed by atoms with van der Waals surface area (Å²) in [6.07, 6.45) is 4.83. The van der Waals surface area contributed by atoms with E-state index in [-0.39, 0.29) is 5.91 Å². The van der Waals surface area contributed by atoms with Crippen LogP contribution >= 0.6 is 0 Å². The van der Waals surface area contributed by atoms with Crippen LogP contribution in [0.2, 0.25) is 0 Å². The van der Waals surface area contributed by atoms with E-state index in [9.17, 15) is 4.79 Å². The van der Waals surface area contributed by atoms with E-state index in [1.165, 1.54) is 5.56 Å². The van der Waals surface area contributed by atoms with Crippen molar-refractivity contribution < 1.29 is 9.53 Å². The number of ether oxygens (including phenoxy) is 1. The molecule has 0 spiro atoms. The van der Waals surface area contributed by atoms with Crippen LogP contribution < -0.4 is 4.74 Å². The largest absolute Gasteiger partial charge is 0.480 e. The first-order valence-electron chi connectivity index (χ1n) is 8.10. The number of carbonyl (C=O) groups excluding carboxylic acids is 1. The first-order valence-corrected chi connectivity index (χ1v) is 8.10. The summed E-state index contributed by atoms with van der Waals surface area (Å²) in [5.74, 6) is 1.08. The Morgan fingerprint density at radius 1 is 1.17 bits per heavy atom. The molecule has 1 aliphatic heterocycles. The number of pyridine rings is 1. The SMILES string of the molecule is COc1ncccc1C(=O)N1CCC(Cc2ccccc2)CC1. The van der Waals surface area contributed by atoms with Crippen molar-refractivity contribution in [3.63, 3.8) is 0 Å². The van der Waals surface area contributed by atoms with Crippen LogP contribution in [0, 0.1) is 5.92 Å². The number of hydrogen-bond donors (Lipinski definition) is 0. The molecule has 1 aromatic carbocycles. The van der Waals surface area contributed by atoms with Gasteiger partial charge in [0.2, 0.25) is 5.88 Å². The van der Waals surface area contributed by atoms with Crippen LogP contribution in [-0.2, 0) is 6.42 Å². The van der Waals surface area contributed by atoms with Gasteiger partial charge >= 0.3 is 0 Å². The Kier molecular flexibility index (Phi) is 4.91. The van der Waals surface area contributed by atoms with Crippen molar-refractivity contribution in [3.05, 3.63) is 59.8 Å². The van der Waals surface area contributed by atoms with Crippen LogP contribution in [0.3, 0.4) is 0 Å². The fraction of sp³-hybridized carbons (Fsp3) is 0.368. The normalized spacial score (nSPS) is 15.4. The summed E-state index contributed by atoms with van der Waals surface area (Å²) in [7, 11) is 1.55. The second-order valence-corrected chi connectivity index (χ2v) is 5.99. The summed E-state index contributed by atoms with van der Waals surface area (Å²) in [6, 6.07) is 14.1. The van der Waals surface area contributed by atoms with Crippen LogP contribution in [0.25, 0.3) is 0 Å². The van der Waals surface area contributed by atoms with Crippen molar-refractivity contribution >= 4 is 5.91 Å². The van der Waals surface area contributed by atoms with Crippen molar-refractivity contribution in [2.45, 2.75) is 19.3 Å². The highest BCUT2D eigenvalue weighted by Crippen LogP contribution is 2.24. The standard InChI is InChI=1S/C19H22N2O2/c1-23-18-17(8-5-11-20-18)19(22)21-12-9-16(10-13-21)14-15-6-3-2-4-7-15/h2-8,11,16H,9-10,12-14H2,1H3. The van der Waals surface area contributed by atoms with Crippen molar-refractivity contribution in [1.82, 2.24) is 9.88 Å². The number of benzene rings is 1. The van der Waals surface area contributed by atoms with Gasteiger partial charge in [-0.25, -0.2) is 4.98 Å². The van der Waals surface area contributed by atoms with Gasteiger partial charge in [0.15, 0.2) is 0 Å². The van der Waals surface area contributed by atoms with E-state index in [2.05, 4.69) is 29.2 Å². The summed E-state index contributed by atoms with van der Waals surface area (Å²) in [5.41, 5.74) is 1.93. The van der Waals surface area contributed by atoms with E-state index in [1.807, 2.05) is 11.0 Å². The molecule has 1 aromatic heterocycles. The highest BCUT2D eigenvalue weighted by Gasteiger charge is 2.25. The maximum atomic E-state index is 12.7. The zero-order chi connectivity index (χ0) is 16.1. The highest BCUT2D eigenvalue weighted by molar-refractivity contribution is 5.96. The summed E-state index contributed by atoms with van der Waals surface area (Å²) >= 11 is 0. The Hall–Kier alpha value is -2.36. The van der Waals surface area contributed by atoms with E-state index in [1.54, 1.807) is 25.4 Å². The average Bonchev–Trinajstić information content (AvgIpc) is 2.62. The van der Waals surface area contributed by atoms with E-state index in [0.29, 0.717) is 17.4 Å². The molecule has 3 rings (SSSR count). The minimum atomic E-state index is 0.0214. The van der Waals surface area contributed by atoms with Crippen molar-refractivity contribution in [3.8, 4) is 5.88 Å². The molecule has 1 saturated heterocycles. The lowest BCUT2D eigenvalue weighted by atomic mass is 9.90. The lowest BCUT2D eigenvalue weighted by Gasteiger charge is -2.32. The van der Waals surface area contributed by atoms with Crippen molar-refractivity contribution in [1.29, 1.82) is 0 Å². The average molecular weight is 310 g/mol. The molecule has 120 valence electrons. The summed E-state index contributed by atoms with van der Waals surface area (Å²) in [6.45, 7) is 1.60. The number of aromatic nitrogens is 1. The maximum absolute atomic E-state index is 12.7. The number of carbonyl (C=O) groups is 1. The van der Waals surface area contributed by atoms with Gasteiger partial charge in [-0.15, -0.1) is 0 Å². The molecule has 4 nitrogen and oxygen atoms in total. The monoisotopic (exact) mass is 310 g/mol. The number of methoxy groups -OCH3 is 1. The van der Waals surface area contributed by atoms with Crippen molar-refractivity contribution in [2.24, 2.45) is 5.92 Å². The zero-order valence-electron chi connectivity index (χ0n) is 13.4. The quantitative estimate of drug-likeness (QED) is 0.871. The number of piperidine rings is 1. The lowest BCUT2D eigenvalue weighted by molar-refractivity contribution is 0.0686. The Balaban J connectivity index is 1.59. The fourth-order valence-electron chi connectivity index (χ4n) is 3.17. The second kappa shape index (κ2) is 7.27. The van der Waals surface area contributed by atoms with Crippen LogP contribution in [0.1, 0.15) is 28.8 Å². The number of likely N-dealkylation sites (tertiary alicyclic amines) is 1. The number of hydrogen-bond acceptors (Lipinski definition) is 3. The molecule has 0 bridgehead atoms. The molecule has 0 unspecified atom stereocenters. The van der Waals surface area contributed by atoms with Gasteiger partial charge in [-0.1, -0.05) is 30.3 Å². The van der Waals surface area contributed by atoms with Gasteiger partial charge in [-0.2, -0.15) is 0 Å². The maximum Gasteiger partial charge on any atom is 0.259 e. The van der Waals surface area contributed by atoms with E-state index < -0.39 is 0 Å². The molecular weight excluding hydrogens is 288 g/mol. The van der Waals surface area contributed by atoms with Crippen LogP contribution in [-0.4, -0.2) is 36.0 Å². The molecular formula is C19H22N2O2. The summed E-state index contributed by atoms with van der Waals surface area (Å²) < 4.78 is 5.20. The van der Waals surface area contributed by atoms with E-state index in [0.717, 1.165) is 32.4 Å². The van der Waals surface area contributed by atoms with Gasteiger partial charge in [-0.05, 0) is 42.9 Å². The van der Waals surface area contributed by atoms with Gasteiger partial charge in [0, 0.05) is 19.3 Å². The number of rotatable bonds is 4. The number of nitrogens with zero attached hydrogens (tertiary/aromatic N) is 2. The first kappa shape index (κ1) is 15.5. The molecule has 4 heteroatoms. The Bertz CT molecular complexity index is 649. The second-order valence-electron chi connectivity index (χ2n) is 5.99. The van der Waals surface area contributed by atoms with Crippen LogP contribution in [0.4, 0.5) is 0 Å². The fourth-order valence-corrected chi connectivity index (χ4v) is 3.17. The summed E-state index contributed by atoms with van der Waals surface area (Å²) in [4.78, 5) is 18.7. The number of amides is 1. The predicted octanol–water partition coefficient (Wildman–Crippen LogP) is 3.19. The molecule has 1 aliphatic rings. The first-order chi connectivity index (χ1) is 11.3. The molecule has 1 fully saturated rings. The van der Waals surface area contributed by atoms with E-state index >= 15 is 0 Å². The Morgan fingerprint density at radius 2 is 1.91 bits per heavy atom.